The van der Waals surface area contributed by atoms with Crippen molar-refractivity contribution in [3.63, 3.8) is 0 Å². The van der Waals surface area contributed by atoms with E-state index >= 15 is 0 Å². The standard InChI is InChI=1S/C13H10FNO2/c1-9-12(6-3-7-15-9)17-13-5-2-4-11(14)10(13)8-16/h2-8H,1H3. The molecule has 0 fully saturated rings. The van der Waals surface area contributed by atoms with Crippen molar-refractivity contribution in [3.05, 3.63) is 53.6 Å². The van der Waals surface area contributed by atoms with Crippen LogP contribution in [0.3, 0.4) is 0 Å². The van der Waals surface area contributed by atoms with Gasteiger partial charge >= 0.3 is 0 Å². The molecule has 86 valence electrons. The number of aldehydes is 1. The lowest BCUT2D eigenvalue weighted by atomic mass is 10.2. The van der Waals surface area contributed by atoms with Crippen molar-refractivity contribution in [2.75, 3.05) is 0 Å². The van der Waals surface area contributed by atoms with Crippen LogP contribution < -0.4 is 4.74 Å². The summed E-state index contributed by atoms with van der Waals surface area (Å²) in [6.45, 7) is 1.77. The summed E-state index contributed by atoms with van der Waals surface area (Å²) in [5.41, 5.74) is 0.587. The summed E-state index contributed by atoms with van der Waals surface area (Å²) in [5.74, 6) is 0.0938. The average molecular weight is 231 g/mol. The van der Waals surface area contributed by atoms with Crippen molar-refractivity contribution >= 4 is 6.29 Å². The number of aromatic nitrogens is 1. The molecule has 0 aliphatic rings. The van der Waals surface area contributed by atoms with E-state index in [0.717, 1.165) is 0 Å². The number of carbonyl (C=O) groups is 1. The Morgan fingerprint density at radius 3 is 2.71 bits per heavy atom. The molecule has 1 aromatic carbocycles. The van der Waals surface area contributed by atoms with Crippen molar-refractivity contribution in [2.24, 2.45) is 0 Å². The van der Waals surface area contributed by atoms with Gasteiger partial charge in [-0.25, -0.2) is 4.39 Å². The van der Waals surface area contributed by atoms with Gasteiger partial charge in [0, 0.05) is 6.20 Å². The number of ether oxygens (including phenoxy) is 1. The second-order valence-corrected chi connectivity index (χ2v) is 3.46. The summed E-state index contributed by atoms with van der Waals surface area (Å²) >= 11 is 0. The number of halogens is 1. The molecule has 4 heteroatoms. The highest BCUT2D eigenvalue weighted by atomic mass is 19.1. The van der Waals surface area contributed by atoms with Crippen LogP contribution in [0.5, 0.6) is 11.5 Å². The molecule has 0 radical (unpaired) electrons. The monoisotopic (exact) mass is 231 g/mol. The van der Waals surface area contributed by atoms with E-state index in [4.69, 9.17) is 4.74 Å². The Balaban J connectivity index is 2.40. The minimum atomic E-state index is -0.598. The van der Waals surface area contributed by atoms with Gasteiger partial charge in [0.15, 0.2) is 6.29 Å². The molecular weight excluding hydrogens is 221 g/mol. The fourth-order valence-corrected chi connectivity index (χ4v) is 1.42. The number of benzene rings is 1. The van der Waals surface area contributed by atoms with Gasteiger partial charge in [-0.2, -0.15) is 0 Å². The Kier molecular flexibility index (Phi) is 3.14. The van der Waals surface area contributed by atoms with E-state index in [0.29, 0.717) is 17.7 Å². The molecule has 3 nitrogen and oxygen atoms in total. The van der Waals surface area contributed by atoms with Crippen LogP contribution in [0.1, 0.15) is 16.1 Å². The Labute approximate surface area is 97.9 Å². The number of rotatable bonds is 3. The van der Waals surface area contributed by atoms with Gasteiger partial charge in [-0.15, -0.1) is 0 Å². The van der Waals surface area contributed by atoms with Gasteiger partial charge in [0.1, 0.15) is 17.3 Å². The van der Waals surface area contributed by atoms with Crippen molar-refractivity contribution in [3.8, 4) is 11.5 Å². The SMILES string of the molecule is Cc1ncccc1Oc1cccc(F)c1C=O. The molecule has 0 unspecified atom stereocenters. The Morgan fingerprint density at radius 2 is 2.00 bits per heavy atom. The first kappa shape index (κ1) is 11.3. The summed E-state index contributed by atoms with van der Waals surface area (Å²) in [7, 11) is 0. The topological polar surface area (TPSA) is 39.2 Å². The molecule has 1 heterocycles. The third kappa shape index (κ3) is 2.30. The van der Waals surface area contributed by atoms with E-state index in [1.165, 1.54) is 12.1 Å². The number of hydrogen-bond acceptors (Lipinski definition) is 3. The van der Waals surface area contributed by atoms with Gasteiger partial charge in [0.2, 0.25) is 0 Å². The molecule has 0 atom stereocenters. The smallest absolute Gasteiger partial charge is 0.156 e. The Morgan fingerprint density at radius 1 is 1.24 bits per heavy atom. The zero-order chi connectivity index (χ0) is 12.3. The third-order valence-corrected chi connectivity index (χ3v) is 2.31. The van der Waals surface area contributed by atoms with Crippen LogP contribution in [0.4, 0.5) is 4.39 Å². The summed E-state index contributed by atoms with van der Waals surface area (Å²) in [6.07, 6.45) is 2.07. The van der Waals surface area contributed by atoms with Crippen LogP contribution in [0.25, 0.3) is 0 Å². The van der Waals surface area contributed by atoms with Gasteiger partial charge in [-0.05, 0) is 31.2 Å². The first-order valence-corrected chi connectivity index (χ1v) is 5.05. The number of hydrogen-bond donors (Lipinski definition) is 0. The third-order valence-electron chi connectivity index (χ3n) is 2.31. The predicted molar refractivity (Wildman–Crippen MR) is 60.8 cm³/mol. The first-order valence-electron chi connectivity index (χ1n) is 5.05. The molecule has 0 aliphatic heterocycles. The number of pyridine rings is 1. The zero-order valence-corrected chi connectivity index (χ0v) is 9.18. The van der Waals surface area contributed by atoms with Crippen molar-refractivity contribution in [2.45, 2.75) is 6.92 Å². The minimum absolute atomic E-state index is 0.0873. The maximum absolute atomic E-state index is 13.3. The first-order chi connectivity index (χ1) is 8.22. The highest BCUT2D eigenvalue weighted by Crippen LogP contribution is 2.27. The number of nitrogens with zero attached hydrogens (tertiary/aromatic N) is 1. The number of aryl methyl sites for hydroxylation is 1. The highest BCUT2D eigenvalue weighted by molar-refractivity contribution is 5.79. The fraction of sp³-hybridized carbons (Fsp3) is 0.0769. The van der Waals surface area contributed by atoms with Crippen LogP contribution >= 0.6 is 0 Å². The predicted octanol–water partition coefficient (Wildman–Crippen LogP) is 3.13. The molecule has 0 N–H and O–H groups in total. The quantitative estimate of drug-likeness (QED) is 0.762. The molecule has 17 heavy (non-hydrogen) atoms. The summed E-state index contributed by atoms with van der Waals surface area (Å²) in [5, 5.41) is 0. The van der Waals surface area contributed by atoms with Gasteiger partial charge in [-0.3, -0.25) is 9.78 Å². The van der Waals surface area contributed by atoms with Gasteiger partial charge in [0.05, 0.1) is 11.3 Å². The maximum Gasteiger partial charge on any atom is 0.156 e. The normalized spacial score (nSPS) is 10.0. The lowest BCUT2D eigenvalue weighted by Gasteiger charge is -2.09. The van der Waals surface area contributed by atoms with E-state index < -0.39 is 5.82 Å². The van der Waals surface area contributed by atoms with Crippen LogP contribution in [0, 0.1) is 12.7 Å². The molecular formula is C13H10FNO2. The van der Waals surface area contributed by atoms with E-state index in [2.05, 4.69) is 4.98 Å². The second-order valence-electron chi connectivity index (χ2n) is 3.46. The molecule has 2 rings (SSSR count). The van der Waals surface area contributed by atoms with Crippen LogP contribution in [-0.4, -0.2) is 11.3 Å². The summed E-state index contributed by atoms with van der Waals surface area (Å²) < 4.78 is 18.8. The maximum atomic E-state index is 13.3. The molecule has 1 aromatic heterocycles. The average Bonchev–Trinajstić information content (AvgIpc) is 2.32. The van der Waals surface area contributed by atoms with Crippen molar-refractivity contribution in [1.82, 2.24) is 4.98 Å². The molecule has 0 bridgehead atoms. The van der Waals surface area contributed by atoms with Crippen LogP contribution in [0.15, 0.2) is 36.5 Å². The van der Waals surface area contributed by atoms with Crippen LogP contribution in [0.2, 0.25) is 0 Å². The fourth-order valence-electron chi connectivity index (χ4n) is 1.42. The molecule has 0 saturated carbocycles. The van der Waals surface area contributed by atoms with E-state index in [1.54, 1.807) is 31.3 Å². The Bertz CT molecular complexity index is 555. The Hall–Kier alpha value is -2.23. The van der Waals surface area contributed by atoms with Crippen molar-refractivity contribution < 1.29 is 13.9 Å². The molecule has 2 aromatic rings. The lowest BCUT2D eigenvalue weighted by molar-refractivity contribution is 0.111. The van der Waals surface area contributed by atoms with Crippen molar-refractivity contribution in [1.29, 1.82) is 0 Å². The van der Waals surface area contributed by atoms with Gasteiger partial charge in [-0.1, -0.05) is 6.07 Å². The largest absolute Gasteiger partial charge is 0.455 e. The minimum Gasteiger partial charge on any atom is -0.455 e. The highest BCUT2D eigenvalue weighted by Gasteiger charge is 2.10. The summed E-state index contributed by atoms with van der Waals surface area (Å²) in [4.78, 5) is 14.8. The van der Waals surface area contributed by atoms with Gasteiger partial charge in [0.25, 0.3) is 0 Å². The molecule has 0 amide bonds. The molecule has 0 saturated heterocycles. The van der Waals surface area contributed by atoms with Gasteiger partial charge < -0.3 is 4.74 Å². The molecule has 0 aliphatic carbocycles. The number of carbonyl (C=O) groups excluding carboxylic acids is 1. The molecule has 0 spiro atoms. The van der Waals surface area contributed by atoms with E-state index in [-0.39, 0.29) is 11.3 Å². The second kappa shape index (κ2) is 4.74. The van der Waals surface area contributed by atoms with Crippen LogP contribution in [-0.2, 0) is 0 Å². The van der Waals surface area contributed by atoms with E-state index in [9.17, 15) is 9.18 Å². The summed E-state index contributed by atoms with van der Waals surface area (Å²) in [6, 6.07) is 7.67. The van der Waals surface area contributed by atoms with E-state index in [1.807, 2.05) is 0 Å². The lowest BCUT2D eigenvalue weighted by Crippen LogP contribution is -1.95. The zero-order valence-electron chi connectivity index (χ0n) is 9.18.